The molecule has 1 aliphatic rings. The van der Waals surface area contributed by atoms with Gasteiger partial charge in [-0.25, -0.2) is 4.98 Å². The lowest BCUT2D eigenvalue weighted by Crippen LogP contribution is -2.11. The van der Waals surface area contributed by atoms with Crippen LogP contribution in [0.25, 0.3) is 0 Å². The number of methoxy groups -OCH3 is 1. The quantitative estimate of drug-likeness (QED) is 0.435. The van der Waals surface area contributed by atoms with Gasteiger partial charge in [-0.05, 0) is 50.3 Å². The Morgan fingerprint density at radius 1 is 1.06 bits per heavy atom. The summed E-state index contributed by atoms with van der Waals surface area (Å²) < 4.78 is 11.5. The number of allylic oxidation sites excluding steroid dienone is 1. The number of benzene rings is 2. The molecule has 0 saturated carbocycles. The summed E-state index contributed by atoms with van der Waals surface area (Å²) >= 11 is 1.83. The minimum absolute atomic E-state index is 0.173. The van der Waals surface area contributed by atoms with Crippen molar-refractivity contribution in [1.29, 1.82) is 0 Å². The smallest absolute Gasteiger partial charge is 0.248 e. The van der Waals surface area contributed by atoms with E-state index in [1.54, 1.807) is 19.3 Å². The third kappa shape index (κ3) is 6.04. The Morgan fingerprint density at radius 3 is 2.61 bits per heavy atom. The van der Waals surface area contributed by atoms with Crippen LogP contribution in [0.1, 0.15) is 25.1 Å². The number of nitrogens with zero attached hydrogens (tertiary/aromatic N) is 2. The van der Waals surface area contributed by atoms with Crippen LogP contribution in [0.3, 0.4) is 0 Å². The van der Waals surface area contributed by atoms with Gasteiger partial charge in [-0.1, -0.05) is 17.7 Å². The third-order valence-electron chi connectivity index (χ3n) is 4.85. The number of hydrogen-bond acceptors (Lipinski definition) is 7. The van der Waals surface area contributed by atoms with E-state index in [1.807, 2.05) is 68.1 Å². The van der Waals surface area contributed by atoms with Crippen LogP contribution in [-0.4, -0.2) is 28.7 Å². The van der Waals surface area contributed by atoms with Gasteiger partial charge in [0.2, 0.25) is 17.7 Å². The van der Waals surface area contributed by atoms with Crippen molar-refractivity contribution in [2.45, 2.75) is 26.0 Å². The van der Waals surface area contributed by atoms with Crippen molar-refractivity contribution in [2.75, 3.05) is 23.5 Å². The summed E-state index contributed by atoms with van der Waals surface area (Å²) in [4.78, 5) is 21.5. The van der Waals surface area contributed by atoms with E-state index in [-0.39, 0.29) is 5.91 Å². The average Bonchev–Trinajstić information content (AvgIpc) is 2.79. The molecule has 0 radical (unpaired) electrons. The van der Waals surface area contributed by atoms with E-state index in [0.29, 0.717) is 23.3 Å². The van der Waals surface area contributed by atoms with Crippen LogP contribution in [0, 0.1) is 0 Å². The molecule has 0 saturated heterocycles. The number of aromatic nitrogens is 2. The molecule has 33 heavy (non-hydrogen) atoms. The maximum Gasteiger partial charge on any atom is 0.248 e. The summed E-state index contributed by atoms with van der Waals surface area (Å²) in [6.45, 7) is 3.76. The number of carbonyl (C=O) groups is 1. The summed E-state index contributed by atoms with van der Waals surface area (Å²) in [5.74, 6) is 3.95. The maximum absolute atomic E-state index is 12.1. The molecule has 170 valence electrons. The van der Waals surface area contributed by atoms with E-state index in [2.05, 4.69) is 15.6 Å². The molecule has 0 fully saturated rings. The Hall–Kier alpha value is -3.52. The van der Waals surface area contributed by atoms with Crippen LogP contribution in [0.15, 0.2) is 60.2 Å². The number of fused-ring (bicyclic) bond motifs is 1. The predicted molar refractivity (Wildman–Crippen MR) is 133 cm³/mol. The lowest BCUT2D eigenvalue weighted by molar-refractivity contribution is -0.111. The van der Waals surface area contributed by atoms with Gasteiger partial charge < -0.3 is 20.1 Å². The first-order valence-electron chi connectivity index (χ1n) is 10.6. The zero-order chi connectivity index (χ0) is 23.2. The second-order valence-corrected chi connectivity index (χ2v) is 8.88. The number of aryl methyl sites for hydroxylation is 1. The van der Waals surface area contributed by atoms with Crippen LogP contribution in [0.4, 0.5) is 17.3 Å². The number of thioether (sulfide) groups is 1. The lowest BCUT2D eigenvalue weighted by atomic mass is 10.2. The number of nitrogens with one attached hydrogen (secondary N) is 2. The van der Waals surface area contributed by atoms with Crippen LogP contribution >= 0.6 is 11.8 Å². The summed E-state index contributed by atoms with van der Waals surface area (Å²) in [6.07, 6.45) is 2.41. The fourth-order valence-corrected chi connectivity index (χ4v) is 4.34. The monoisotopic (exact) mass is 462 g/mol. The standard InChI is InChI=1S/C25H26N4O3S/c1-16(2)12-23(30)26-17-6-5-9-20(14-17)32-24-21-15-33-11-10-22(21)28-25(29-24)27-18-7-4-8-19(13-18)31-3/h4-9,12-14H,10-11,15H2,1-3H3,(H,26,30)(H,27,28,29). The molecular formula is C25H26N4O3S. The first kappa shape index (κ1) is 22.7. The van der Waals surface area contributed by atoms with Crippen molar-refractivity contribution in [1.82, 2.24) is 9.97 Å². The molecule has 0 unspecified atom stereocenters. The molecule has 0 aliphatic carbocycles. The molecule has 3 aromatic rings. The van der Waals surface area contributed by atoms with E-state index < -0.39 is 0 Å². The van der Waals surface area contributed by atoms with Gasteiger partial charge in [0.05, 0.1) is 12.8 Å². The van der Waals surface area contributed by atoms with Crippen molar-refractivity contribution in [3.8, 4) is 17.4 Å². The highest BCUT2D eigenvalue weighted by molar-refractivity contribution is 7.98. The molecule has 0 bridgehead atoms. The maximum atomic E-state index is 12.1. The Kier molecular flexibility index (Phi) is 7.14. The van der Waals surface area contributed by atoms with Crippen LogP contribution in [-0.2, 0) is 17.0 Å². The van der Waals surface area contributed by atoms with Gasteiger partial charge >= 0.3 is 0 Å². The lowest BCUT2D eigenvalue weighted by Gasteiger charge is -2.19. The first-order valence-corrected chi connectivity index (χ1v) is 11.8. The second kappa shape index (κ2) is 10.4. The molecule has 8 heteroatoms. The molecule has 1 amide bonds. The highest BCUT2D eigenvalue weighted by atomic mass is 32.2. The van der Waals surface area contributed by atoms with Crippen LogP contribution in [0.2, 0.25) is 0 Å². The van der Waals surface area contributed by atoms with Gasteiger partial charge in [-0.15, -0.1) is 0 Å². The first-order chi connectivity index (χ1) is 16.0. The van der Waals surface area contributed by atoms with E-state index >= 15 is 0 Å². The molecule has 4 rings (SSSR count). The number of anilines is 3. The molecule has 0 atom stereocenters. The number of ether oxygens (including phenoxy) is 2. The molecule has 1 aromatic heterocycles. The van der Waals surface area contributed by atoms with Gasteiger partial charge in [0.1, 0.15) is 11.5 Å². The Morgan fingerprint density at radius 2 is 1.82 bits per heavy atom. The highest BCUT2D eigenvalue weighted by Crippen LogP contribution is 2.34. The summed E-state index contributed by atoms with van der Waals surface area (Å²) in [5.41, 5.74) is 4.40. The van der Waals surface area contributed by atoms with Crippen molar-refractivity contribution in [2.24, 2.45) is 0 Å². The predicted octanol–water partition coefficient (Wildman–Crippen LogP) is 5.72. The number of carbonyl (C=O) groups excluding carboxylic acids is 1. The topological polar surface area (TPSA) is 85.4 Å². The van der Waals surface area contributed by atoms with Gasteiger partial charge in [0.15, 0.2) is 0 Å². The number of hydrogen-bond donors (Lipinski definition) is 2. The zero-order valence-electron chi connectivity index (χ0n) is 18.8. The van der Waals surface area contributed by atoms with E-state index in [9.17, 15) is 4.79 Å². The van der Waals surface area contributed by atoms with Gasteiger partial charge in [-0.3, -0.25) is 4.79 Å². The van der Waals surface area contributed by atoms with E-state index in [0.717, 1.165) is 46.2 Å². The van der Waals surface area contributed by atoms with Gasteiger partial charge in [0.25, 0.3) is 0 Å². The molecular weight excluding hydrogens is 436 g/mol. The Bertz CT molecular complexity index is 1190. The van der Waals surface area contributed by atoms with E-state index in [1.165, 1.54) is 0 Å². The van der Waals surface area contributed by atoms with Crippen molar-refractivity contribution >= 4 is 35.0 Å². The average molecular weight is 463 g/mol. The minimum atomic E-state index is -0.173. The van der Waals surface area contributed by atoms with Crippen molar-refractivity contribution < 1.29 is 14.3 Å². The normalized spacial score (nSPS) is 12.3. The van der Waals surface area contributed by atoms with Crippen LogP contribution in [0.5, 0.6) is 17.4 Å². The zero-order valence-corrected chi connectivity index (χ0v) is 19.7. The second-order valence-electron chi connectivity index (χ2n) is 7.78. The summed E-state index contributed by atoms with van der Waals surface area (Å²) in [7, 11) is 1.63. The SMILES string of the molecule is COc1cccc(Nc2nc3c(c(Oc4cccc(NC(=O)C=C(C)C)c4)n2)CSCC3)c1. The molecule has 2 aromatic carbocycles. The molecule has 0 spiro atoms. The third-order valence-corrected chi connectivity index (χ3v) is 5.83. The summed E-state index contributed by atoms with van der Waals surface area (Å²) in [5, 5.41) is 6.12. The van der Waals surface area contributed by atoms with Crippen LogP contribution < -0.4 is 20.1 Å². The minimum Gasteiger partial charge on any atom is -0.497 e. The fourth-order valence-electron chi connectivity index (χ4n) is 3.36. The number of rotatable bonds is 7. The number of amides is 1. The van der Waals surface area contributed by atoms with Crippen molar-refractivity contribution in [3.05, 3.63) is 71.4 Å². The molecule has 7 nitrogen and oxygen atoms in total. The Labute approximate surface area is 197 Å². The largest absolute Gasteiger partial charge is 0.497 e. The molecule has 2 N–H and O–H groups in total. The highest BCUT2D eigenvalue weighted by Gasteiger charge is 2.20. The summed E-state index contributed by atoms with van der Waals surface area (Å²) in [6, 6.07) is 14.9. The van der Waals surface area contributed by atoms with Crippen molar-refractivity contribution in [3.63, 3.8) is 0 Å². The van der Waals surface area contributed by atoms with Gasteiger partial charge in [-0.2, -0.15) is 16.7 Å². The fraction of sp³-hybridized carbons (Fsp3) is 0.240. The van der Waals surface area contributed by atoms with E-state index in [4.69, 9.17) is 14.5 Å². The molecule has 2 heterocycles. The molecule has 1 aliphatic heterocycles. The van der Waals surface area contributed by atoms with Gasteiger partial charge in [0, 0.05) is 40.9 Å². The Balaban J connectivity index is 1.60.